The van der Waals surface area contributed by atoms with Gasteiger partial charge in [0.05, 0.1) is 0 Å². The van der Waals surface area contributed by atoms with E-state index in [0.717, 1.165) is 0 Å². The van der Waals surface area contributed by atoms with Crippen molar-refractivity contribution in [1.29, 1.82) is 0 Å². The Kier molecular flexibility index (Phi) is 5.27. The van der Waals surface area contributed by atoms with Crippen LogP contribution in [0.1, 0.15) is 23.5 Å². The van der Waals surface area contributed by atoms with Gasteiger partial charge in [0, 0.05) is 28.7 Å². The molecule has 2 N–H and O–H groups in total. The molecule has 0 aliphatic carbocycles. The second kappa shape index (κ2) is 6.49. The van der Waals surface area contributed by atoms with Crippen molar-refractivity contribution in [2.45, 2.75) is 26.7 Å². The normalized spacial score (nSPS) is 10.2. The highest BCUT2D eigenvalue weighted by molar-refractivity contribution is 9.11. The van der Waals surface area contributed by atoms with Gasteiger partial charge in [-0.2, -0.15) is 0 Å². The third-order valence-electron chi connectivity index (χ3n) is 2.42. The molecule has 0 bridgehead atoms. The molecule has 1 aromatic rings. The molecule has 0 radical (unpaired) electrons. The Morgan fingerprint density at radius 1 is 1.50 bits per heavy atom. The number of aryl methyl sites for hydroxylation is 2. The molecular weight excluding hydrogens is 298 g/mol. The minimum atomic E-state index is -0.169. The summed E-state index contributed by atoms with van der Waals surface area (Å²) in [6.07, 6.45) is 0.643. The lowest BCUT2D eigenvalue weighted by molar-refractivity contribution is -0.120. The molecule has 98 valence electrons. The molecule has 0 atom stereocenters. The van der Waals surface area contributed by atoms with E-state index in [1.54, 1.807) is 13.8 Å². The van der Waals surface area contributed by atoms with E-state index in [2.05, 4.69) is 37.8 Å². The molecule has 6 heteroatoms. The predicted octanol–water partition coefficient (Wildman–Crippen LogP) is 1.34. The number of hydrogen-bond acceptors (Lipinski definition) is 3. The summed E-state index contributed by atoms with van der Waals surface area (Å²) in [5, 5.41) is 2.68. The van der Waals surface area contributed by atoms with Gasteiger partial charge < -0.3 is 10.3 Å². The van der Waals surface area contributed by atoms with Crippen molar-refractivity contribution in [3.05, 3.63) is 38.5 Å². The van der Waals surface area contributed by atoms with Crippen molar-refractivity contribution >= 4 is 21.8 Å². The number of carbonyl (C=O) groups excluding carboxylic acids is 1. The minimum absolute atomic E-state index is 0.116. The number of hydrogen-bond donors (Lipinski definition) is 2. The molecule has 0 aliphatic heterocycles. The lowest BCUT2D eigenvalue weighted by Crippen LogP contribution is -2.26. The van der Waals surface area contributed by atoms with E-state index < -0.39 is 0 Å². The van der Waals surface area contributed by atoms with E-state index in [9.17, 15) is 9.59 Å². The molecule has 0 saturated heterocycles. The maximum absolute atomic E-state index is 11.7. The highest BCUT2D eigenvalue weighted by Gasteiger charge is 2.09. The van der Waals surface area contributed by atoms with Crippen molar-refractivity contribution < 1.29 is 4.79 Å². The van der Waals surface area contributed by atoms with Crippen LogP contribution in [0.3, 0.4) is 0 Å². The topological polar surface area (TPSA) is 74.8 Å². The van der Waals surface area contributed by atoms with Gasteiger partial charge in [-0.3, -0.25) is 9.59 Å². The molecule has 0 unspecified atom stereocenters. The minimum Gasteiger partial charge on any atom is -0.352 e. The van der Waals surface area contributed by atoms with Crippen LogP contribution in [0, 0.1) is 13.8 Å². The average molecular weight is 314 g/mol. The van der Waals surface area contributed by atoms with Gasteiger partial charge in [-0.15, -0.1) is 0 Å². The van der Waals surface area contributed by atoms with Gasteiger partial charge in [0.25, 0.3) is 5.56 Å². The van der Waals surface area contributed by atoms with Gasteiger partial charge in [-0.1, -0.05) is 22.5 Å². The van der Waals surface area contributed by atoms with E-state index in [1.165, 1.54) is 0 Å². The monoisotopic (exact) mass is 313 g/mol. The lowest BCUT2D eigenvalue weighted by Gasteiger charge is -2.06. The largest absolute Gasteiger partial charge is 0.352 e. The molecular formula is C12H16BrN3O2. The molecule has 1 amide bonds. The quantitative estimate of drug-likeness (QED) is 0.861. The average Bonchev–Trinajstić information content (AvgIpc) is 2.24. The van der Waals surface area contributed by atoms with Crippen LogP contribution in [0.2, 0.25) is 0 Å². The maximum atomic E-state index is 11.7. The zero-order valence-electron chi connectivity index (χ0n) is 10.5. The predicted molar refractivity (Wildman–Crippen MR) is 73.7 cm³/mol. The number of nitrogens with one attached hydrogen (secondary N) is 2. The van der Waals surface area contributed by atoms with Gasteiger partial charge in [0.2, 0.25) is 5.91 Å². The maximum Gasteiger partial charge on any atom is 0.254 e. The lowest BCUT2D eigenvalue weighted by atomic mass is 10.1. The summed E-state index contributed by atoms with van der Waals surface area (Å²) in [4.78, 5) is 30.0. The molecule has 1 aromatic heterocycles. The van der Waals surface area contributed by atoms with Gasteiger partial charge in [-0.25, -0.2) is 4.98 Å². The number of rotatable bonds is 5. The molecule has 18 heavy (non-hydrogen) atoms. The van der Waals surface area contributed by atoms with Crippen LogP contribution in [0.15, 0.2) is 15.9 Å². The van der Waals surface area contributed by atoms with E-state index in [1.807, 2.05) is 0 Å². The Morgan fingerprint density at radius 3 is 2.72 bits per heavy atom. The van der Waals surface area contributed by atoms with Crippen LogP contribution >= 0.6 is 15.9 Å². The number of aromatic nitrogens is 2. The molecule has 0 aromatic carbocycles. The smallest absolute Gasteiger partial charge is 0.254 e. The second-order valence-electron chi connectivity index (χ2n) is 4.01. The molecule has 5 nitrogen and oxygen atoms in total. The third-order valence-corrected chi connectivity index (χ3v) is 2.70. The summed E-state index contributed by atoms with van der Waals surface area (Å²) >= 11 is 3.16. The van der Waals surface area contributed by atoms with Crippen LogP contribution in [0.5, 0.6) is 0 Å². The van der Waals surface area contributed by atoms with Crippen molar-refractivity contribution in [3.63, 3.8) is 0 Å². The SMILES string of the molecule is C=C(Br)CNC(=O)CCc1c(C)nc(C)[nH]c1=O. The summed E-state index contributed by atoms with van der Waals surface area (Å²) in [5.74, 6) is 0.469. The van der Waals surface area contributed by atoms with Crippen molar-refractivity contribution in [2.75, 3.05) is 6.54 Å². The summed E-state index contributed by atoms with van der Waals surface area (Å²) in [5.41, 5.74) is 1.07. The fraction of sp³-hybridized carbons (Fsp3) is 0.417. The summed E-state index contributed by atoms with van der Waals surface area (Å²) in [6, 6.07) is 0. The summed E-state index contributed by atoms with van der Waals surface area (Å²) in [7, 11) is 0. The van der Waals surface area contributed by atoms with Crippen molar-refractivity contribution in [3.8, 4) is 0 Å². The first kappa shape index (κ1) is 14.6. The zero-order chi connectivity index (χ0) is 13.7. The Morgan fingerprint density at radius 2 is 2.17 bits per heavy atom. The van der Waals surface area contributed by atoms with Gasteiger partial charge in [0.15, 0.2) is 0 Å². The number of nitrogens with zero attached hydrogens (tertiary/aromatic N) is 1. The summed E-state index contributed by atoms with van der Waals surface area (Å²) in [6.45, 7) is 7.51. The third kappa shape index (κ3) is 4.44. The Labute approximate surface area is 114 Å². The first-order chi connectivity index (χ1) is 8.40. The second-order valence-corrected chi connectivity index (χ2v) is 5.13. The number of amides is 1. The van der Waals surface area contributed by atoms with Gasteiger partial charge >= 0.3 is 0 Å². The Bertz CT molecular complexity index is 523. The fourth-order valence-corrected chi connectivity index (χ4v) is 1.71. The summed E-state index contributed by atoms with van der Waals surface area (Å²) < 4.78 is 0.710. The standard InChI is InChI=1S/C12H16BrN3O2/c1-7(13)6-14-11(17)5-4-10-8(2)15-9(3)16-12(10)18/h1,4-6H2,2-3H3,(H,14,17)(H,15,16,18). The number of H-pyrrole nitrogens is 1. The van der Waals surface area contributed by atoms with E-state index >= 15 is 0 Å². The van der Waals surface area contributed by atoms with E-state index in [4.69, 9.17) is 0 Å². The number of carbonyl (C=O) groups is 1. The fourth-order valence-electron chi connectivity index (χ4n) is 1.57. The molecule has 1 heterocycles. The Hall–Kier alpha value is -1.43. The zero-order valence-corrected chi connectivity index (χ0v) is 12.1. The van der Waals surface area contributed by atoms with E-state index in [-0.39, 0.29) is 17.9 Å². The molecule has 0 saturated carbocycles. The first-order valence-electron chi connectivity index (χ1n) is 5.56. The highest BCUT2D eigenvalue weighted by Crippen LogP contribution is 2.03. The molecule has 0 fully saturated rings. The number of halogens is 1. The molecule has 1 rings (SSSR count). The van der Waals surface area contributed by atoms with Gasteiger partial charge in [-0.05, 0) is 20.3 Å². The molecule has 0 spiro atoms. The van der Waals surface area contributed by atoms with Crippen LogP contribution in [0.4, 0.5) is 0 Å². The van der Waals surface area contributed by atoms with Crippen molar-refractivity contribution in [2.24, 2.45) is 0 Å². The molecule has 0 aliphatic rings. The highest BCUT2D eigenvalue weighted by atomic mass is 79.9. The van der Waals surface area contributed by atoms with Gasteiger partial charge in [0.1, 0.15) is 5.82 Å². The number of aromatic amines is 1. The van der Waals surface area contributed by atoms with Crippen LogP contribution in [-0.2, 0) is 11.2 Å². The first-order valence-corrected chi connectivity index (χ1v) is 6.36. The Balaban J connectivity index is 2.61. The van der Waals surface area contributed by atoms with Crippen molar-refractivity contribution in [1.82, 2.24) is 15.3 Å². The van der Waals surface area contributed by atoms with E-state index in [0.29, 0.717) is 34.5 Å². The van der Waals surface area contributed by atoms with Crippen LogP contribution in [-0.4, -0.2) is 22.4 Å². The van der Waals surface area contributed by atoms with Crippen LogP contribution in [0.25, 0.3) is 0 Å². The van der Waals surface area contributed by atoms with Crippen LogP contribution < -0.4 is 10.9 Å².